The van der Waals surface area contributed by atoms with Crippen molar-refractivity contribution < 1.29 is 14.4 Å². The maximum Gasteiger partial charge on any atom is 0.314 e. The summed E-state index contributed by atoms with van der Waals surface area (Å²) in [4.78, 5) is 10.3. The van der Waals surface area contributed by atoms with E-state index in [2.05, 4.69) is 5.43 Å². The minimum atomic E-state index is -0.508. The minimum absolute atomic E-state index is 0.117. The van der Waals surface area contributed by atoms with E-state index in [9.17, 15) is 10.1 Å². The Kier molecular flexibility index (Phi) is 4.68. The molecule has 1 aromatic rings. The van der Waals surface area contributed by atoms with E-state index in [1.54, 1.807) is 6.07 Å². The summed E-state index contributed by atoms with van der Waals surface area (Å²) in [6.45, 7) is 0.539. The van der Waals surface area contributed by atoms with Gasteiger partial charge in [0.25, 0.3) is 0 Å². The topological polar surface area (TPSA) is 99.7 Å². The number of methoxy groups -OCH3 is 2. The number of hydrazine groups is 1. The predicted molar refractivity (Wildman–Crippen MR) is 62.1 cm³/mol. The second-order valence-corrected chi connectivity index (χ2v) is 3.30. The average Bonchev–Trinajstić information content (AvgIpc) is 2.34. The molecule has 0 aliphatic heterocycles. The lowest BCUT2D eigenvalue weighted by Gasteiger charge is -2.10. The third-order valence-corrected chi connectivity index (χ3v) is 2.32. The van der Waals surface area contributed by atoms with E-state index in [0.29, 0.717) is 18.7 Å². The normalized spacial score (nSPS) is 10.1. The lowest BCUT2D eigenvalue weighted by Crippen LogP contribution is -2.24. The summed E-state index contributed by atoms with van der Waals surface area (Å²) >= 11 is 0. The summed E-state index contributed by atoms with van der Waals surface area (Å²) in [7, 11) is 2.85. The van der Waals surface area contributed by atoms with E-state index in [1.165, 1.54) is 20.3 Å². The molecule has 0 aliphatic rings. The summed E-state index contributed by atoms with van der Waals surface area (Å²) in [5.74, 6) is 5.85. The van der Waals surface area contributed by atoms with Gasteiger partial charge in [0, 0.05) is 6.54 Å². The van der Waals surface area contributed by atoms with Crippen molar-refractivity contribution in [3.63, 3.8) is 0 Å². The molecule has 0 bridgehead atoms. The van der Waals surface area contributed by atoms with Crippen LogP contribution in [0.15, 0.2) is 12.1 Å². The van der Waals surface area contributed by atoms with Crippen molar-refractivity contribution in [3.05, 3.63) is 27.8 Å². The lowest BCUT2D eigenvalue weighted by molar-refractivity contribution is -0.385. The minimum Gasteiger partial charge on any atom is -0.496 e. The third kappa shape index (κ3) is 3.05. The smallest absolute Gasteiger partial charge is 0.314 e. The van der Waals surface area contributed by atoms with Crippen molar-refractivity contribution in [1.82, 2.24) is 5.43 Å². The lowest BCUT2D eigenvalue weighted by atomic mass is 10.1. The Morgan fingerprint density at radius 2 is 2.00 bits per heavy atom. The van der Waals surface area contributed by atoms with E-state index in [4.69, 9.17) is 15.3 Å². The van der Waals surface area contributed by atoms with Gasteiger partial charge in [0.1, 0.15) is 5.75 Å². The molecule has 0 atom stereocenters. The molecule has 0 saturated carbocycles. The zero-order valence-corrected chi connectivity index (χ0v) is 9.73. The Bertz CT molecular complexity index is 409. The molecule has 0 fully saturated rings. The SMILES string of the molecule is COc1cc([N+](=O)[O-])c(OC)cc1CCNN. The van der Waals surface area contributed by atoms with E-state index in [-0.39, 0.29) is 11.4 Å². The maximum atomic E-state index is 10.8. The summed E-state index contributed by atoms with van der Waals surface area (Å²) < 4.78 is 10.1. The van der Waals surface area contributed by atoms with E-state index >= 15 is 0 Å². The zero-order chi connectivity index (χ0) is 12.8. The first-order valence-corrected chi connectivity index (χ1v) is 4.96. The van der Waals surface area contributed by atoms with Crippen LogP contribution in [-0.2, 0) is 6.42 Å². The van der Waals surface area contributed by atoms with Gasteiger partial charge in [-0.2, -0.15) is 0 Å². The van der Waals surface area contributed by atoms with Gasteiger partial charge in [-0.1, -0.05) is 0 Å². The fourth-order valence-electron chi connectivity index (χ4n) is 1.49. The molecule has 0 unspecified atom stereocenters. The molecular formula is C10H15N3O4. The summed E-state index contributed by atoms with van der Waals surface area (Å²) in [6, 6.07) is 2.94. The number of ether oxygens (including phenoxy) is 2. The van der Waals surface area contributed by atoms with Gasteiger partial charge < -0.3 is 9.47 Å². The molecule has 1 rings (SSSR count). The number of nitrogens with zero attached hydrogens (tertiary/aromatic N) is 1. The zero-order valence-electron chi connectivity index (χ0n) is 9.73. The van der Waals surface area contributed by atoms with Gasteiger partial charge in [-0.3, -0.25) is 21.4 Å². The largest absolute Gasteiger partial charge is 0.496 e. The Morgan fingerprint density at radius 3 is 2.47 bits per heavy atom. The fraction of sp³-hybridized carbons (Fsp3) is 0.400. The number of hydrogen-bond donors (Lipinski definition) is 2. The van der Waals surface area contributed by atoms with Gasteiger partial charge in [-0.25, -0.2) is 0 Å². The van der Waals surface area contributed by atoms with Crippen molar-refractivity contribution in [2.75, 3.05) is 20.8 Å². The number of benzene rings is 1. The standard InChI is InChI=1S/C10H15N3O4/c1-16-9-6-8(13(14)15)10(17-2)5-7(9)3-4-12-11/h5-6,12H,3-4,11H2,1-2H3. The number of nitro benzene ring substituents is 1. The highest BCUT2D eigenvalue weighted by molar-refractivity contribution is 5.55. The van der Waals surface area contributed by atoms with E-state index < -0.39 is 4.92 Å². The Hall–Kier alpha value is -1.86. The van der Waals surface area contributed by atoms with Gasteiger partial charge in [-0.15, -0.1) is 0 Å². The molecular weight excluding hydrogens is 226 g/mol. The summed E-state index contributed by atoms with van der Waals surface area (Å²) in [5.41, 5.74) is 3.19. The molecule has 1 aromatic carbocycles. The van der Waals surface area contributed by atoms with Crippen LogP contribution in [0.5, 0.6) is 11.5 Å². The maximum absolute atomic E-state index is 10.8. The van der Waals surface area contributed by atoms with Gasteiger partial charge >= 0.3 is 5.69 Å². The highest BCUT2D eigenvalue weighted by atomic mass is 16.6. The summed E-state index contributed by atoms with van der Waals surface area (Å²) in [5, 5.41) is 10.8. The van der Waals surface area contributed by atoms with Crippen molar-refractivity contribution in [2.24, 2.45) is 5.84 Å². The van der Waals surface area contributed by atoms with Gasteiger partial charge in [0.05, 0.1) is 25.2 Å². The molecule has 7 heteroatoms. The molecule has 0 heterocycles. The van der Waals surface area contributed by atoms with Gasteiger partial charge in [0.2, 0.25) is 0 Å². The highest BCUT2D eigenvalue weighted by Gasteiger charge is 2.19. The number of rotatable bonds is 6. The Morgan fingerprint density at radius 1 is 1.35 bits per heavy atom. The van der Waals surface area contributed by atoms with Crippen LogP contribution < -0.4 is 20.7 Å². The first kappa shape index (κ1) is 13.2. The van der Waals surface area contributed by atoms with Crippen LogP contribution in [0.4, 0.5) is 5.69 Å². The van der Waals surface area contributed by atoms with Crippen molar-refractivity contribution in [3.8, 4) is 11.5 Å². The number of nitro groups is 1. The van der Waals surface area contributed by atoms with Crippen LogP contribution in [0, 0.1) is 10.1 Å². The molecule has 3 N–H and O–H groups in total. The Labute approximate surface area is 98.6 Å². The van der Waals surface area contributed by atoms with Crippen LogP contribution >= 0.6 is 0 Å². The van der Waals surface area contributed by atoms with Crippen molar-refractivity contribution in [1.29, 1.82) is 0 Å². The summed E-state index contributed by atoms with van der Waals surface area (Å²) in [6.07, 6.45) is 0.591. The van der Waals surface area contributed by atoms with Crippen molar-refractivity contribution >= 4 is 5.69 Å². The molecule has 0 aromatic heterocycles. The molecule has 0 amide bonds. The second-order valence-electron chi connectivity index (χ2n) is 3.30. The average molecular weight is 241 g/mol. The molecule has 0 radical (unpaired) electrons. The first-order chi connectivity index (χ1) is 8.13. The first-order valence-electron chi connectivity index (χ1n) is 4.96. The Balaban J connectivity index is 3.17. The molecule has 94 valence electrons. The molecule has 7 nitrogen and oxygen atoms in total. The molecule has 0 spiro atoms. The van der Waals surface area contributed by atoms with Crippen LogP contribution in [0.2, 0.25) is 0 Å². The highest BCUT2D eigenvalue weighted by Crippen LogP contribution is 2.34. The molecule has 17 heavy (non-hydrogen) atoms. The van der Waals surface area contributed by atoms with E-state index in [0.717, 1.165) is 5.56 Å². The quantitative estimate of drug-likeness (QED) is 0.430. The van der Waals surface area contributed by atoms with Gasteiger partial charge in [0.15, 0.2) is 5.75 Å². The van der Waals surface area contributed by atoms with Crippen LogP contribution in [0.3, 0.4) is 0 Å². The van der Waals surface area contributed by atoms with Crippen LogP contribution in [-0.4, -0.2) is 25.7 Å². The van der Waals surface area contributed by atoms with E-state index in [1.807, 2.05) is 0 Å². The second kappa shape index (κ2) is 6.02. The predicted octanol–water partition coefficient (Wildman–Crippen LogP) is 0.618. The molecule has 0 saturated heterocycles. The monoisotopic (exact) mass is 241 g/mol. The van der Waals surface area contributed by atoms with Crippen molar-refractivity contribution in [2.45, 2.75) is 6.42 Å². The fourth-order valence-corrected chi connectivity index (χ4v) is 1.49. The number of hydrogen-bond acceptors (Lipinski definition) is 6. The van der Waals surface area contributed by atoms with Gasteiger partial charge in [-0.05, 0) is 18.1 Å². The van der Waals surface area contributed by atoms with Crippen LogP contribution in [0.1, 0.15) is 5.56 Å². The van der Waals surface area contributed by atoms with Crippen LogP contribution in [0.25, 0.3) is 0 Å². The molecule has 0 aliphatic carbocycles. The third-order valence-electron chi connectivity index (χ3n) is 2.32. The number of nitrogens with one attached hydrogen (secondary N) is 1. The number of nitrogens with two attached hydrogens (primary N) is 1.